The molecule has 1 unspecified atom stereocenters. The maximum absolute atomic E-state index is 5.84. The number of piperidine rings is 1. The van der Waals surface area contributed by atoms with Crippen molar-refractivity contribution in [3.63, 3.8) is 0 Å². The van der Waals surface area contributed by atoms with Crippen LogP contribution >= 0.6 is 0 Å². The van der Waals surface area contributed by atoms with Crippen LogP contribution < -0.4 is 10.5 Å². The van der Waals surface area contributed by atoms with Crippen LogP contribution in [-0.2, 0) is 6.54 Å². The van der Waals surface area contributed by atoms with Gasteiger partial charge < -0.3 is 10.5 Å². The lowest BCUT2D eigenvalue weighted by atomic mass is 9.97. The van der Waals surface area contributed by atoms with Gasteiger partial charge in [-0.3, -0.25) is 4.90 Å². The van der Waals surface area contributed by atoms with E-state index in [4.69, 9.17) is 10.5 Å². The SMILES string of the molecule is COc1ccc(CN2CCCC(CN)C2)c2ccccc12. The van der Waals surface area contributed by atoms with Gasteiger partial charge in [-0.25, -0.2) is 0 Å². The molecule has 2 aromatic carbocycles. The van der Waals surface area contributed by atoms with Gasteiger partial charge in [-0.1, -0.05) is 30.3 Å². The third-order valence-corrected chi connectivity index (χ3v) is 4.52. The summed E-state index contributed by atoms with van der Waals surface area (Å²) in [5, 5.41) is 2.50. The van der Waals surface area contributed by atoms with Crippen molar-refractivity contribution in [3.8, 4) is 5.75 Å². The second-order valence-electron chi connectivity index (χ2n) is 5.95. The summed E-state index contributed by atoms with van der Waals surface area (Å²) in [5.74, 6) is 1.61. The Bertz CT molecular complexity index is 611. The Morgan fingerprint density at radius 3 is 2.76 bits per heavy atom. The molecule has 2 N–H and O–H groups in total. The summed E-state index contributed by atoms with van der Waals surface area (Å²) in [7, 11) is 1.73. The predicted molar refractivity (Wildman–Crippen MR) is 87.6 cm³/mol. The van der Waals surface area contributed by atoms with E-state index in [9.17, 15) is 0 Å². The zero-order chi connectivity index (χ0) is 14.7. The zero-order valence-electron chi connectivity index (χ0n) is 12.7. The highest BCUT2D eigenvalue weighted by atomic mass is 16.5. The van der Waals surface area contributed by atoms with Crippen molar-refractivity contribution in [2.75, 3.05) is 26.7 Å². The molecule has 3 nitrogen and oxygen atoms in total. The van der Waals surface area contributed by atoms with E-state index in [2.05, 4.69) is 41.3 Å². The molecule has 0 aromatic heterocycles. The number of ether oxygens (including phenoxy) is 1. The molecular weight excluding hydrogens is 260 g/mol. The molecule has 3 heteroatoms. The minimum absolute atomic E-state index is 0.656. The first-order chi connectivity index (χ1) is 10.3. The lowest BCUT2D eigenvalue weighted by Gasteiger charge is -2.32. The van der Waals surface area contributed by atoms with E-state index in [0.717, 1.165) is 25.4 Å². The van der Waals surface area contributed by atoms with Crippen molar-refractivity contribution in [1.29, 1.82) is 0 Å². The largest absolute Gasteiger partial charge is 0.496 e. The Labute approximate surface area is 126 Å². The van der Waals surface area contributed by atoms with Crippen molar-refractivity contribution in [3.05, 3.63) is 42.0 Å². The molecule has 0 aliphatic carbocycles. The summed E-state index contributed by atoms with van der Waals surface area (Å²) in [5.41, 5.74) is 7.22. The molecule has 2 aromatic rings. The third kappa shape index (κ3) is 3.04. The van der Waals surface area contributed by atoms with Gasteiger partial charge in [0, 0.05) is 18.5 Å². The van der Waals surface area contributed by atoms with Crippen molar-refractivity contribution >= 4 is 10.8 Å². The van der Waals surface area contributed by atoms with E-state index in [1.807, 2.05) is 0 Å². The van der Waals surface area contributed by atoms with Crippen molar-refractivity contribution in [2.45, 2.75) is 19.4 Å². The van der Waals surface area contributed by atoms with Gasteiger partial charge in [0.2, 0.25) is 0 Å². The van der Waals surface area contributed by atoms with E-state index in [-0.39, 0.29) is 0 Å². The highest BCUT2D eigenvalue weighted by molar-refractivity contribution is 5.91. The average Bonchev–Trinajstić information content (AvgIpc) is 2.55. The van der Waals surface area contributed by atoms with Gasteiger partial charge in [0.05, 0.1) is 7.11 Å². The van der Waals surface area contributed by atoms with E-state index in [1.165, 1.54) is 35.7 Å². The van der Waals surface area contributed by atoms with Crippen LogP contribution in [0.3, 0.4) is 0 Å². The molecule has 0 saturated carbocycles. The Kier molecular flexibility index (Phi) is 4.42. The summed E-state index contributed by atoms with van der Waals surface area (Å²) in [6, 6.07) is 12.8. The lowest BCUT2D eigenvalue weighted by Crippen LogP contribution is -2.37. The molecule has 1 heterocycles. The predicted octanol–water partition coefficient (Wildman–Crippen LogP) is 3.02. The molecule has 1 aliphatic heterocycles. The lowest BCUT2D eigenvalue weighted by molar-refractivity contribution is 0.171. The van der Waals surface area contributed by atoms with Crippen LogP contribution in [-0.4, -0.2) is 31.6 Å². The topological polar surface area (TPSA) is 38.5 Å². The second kappa shape index (κ2) is 6.46. The van der Waals surface area contributed by atoms with E-state index in [1.54, 1.807) is 7.11 Å². The smallest absolute Gasteiger partial charge is 0.126 e. The van der Waals surface area contributed by atoms with E-state index < -0.39 is 0 Å². The van der Waals surface area contributed by atoms with Crippen LogP contribution in [0, 0.1) is 5.92 Å². The number of methoxy groups -OCH3 is 1. The summed E-state index contributed by atoms with van der Waals surface area (Å²) < 4.78 is 5.48. The minimum atomic E-state index is 0.656. The van der Waals surface area contributed by atoms with E-state index in [0.29, 0.717) is 5.92 Å². The molecule has 1 atom stereocenters. The van der Waals surface area contributed by atoms with Crippen LogP contribution in [0.4, 0.5) is 0 Å². The van der Waals surface area contributed by atoms with Gasteiger partial charge in [0.15, 0.2) is 0 Å². The fraction of sp³-hybridized carbons (Fsp3) is 0.444. The quantitative estimate of drug-likeness (QED) is 0.938. The van der Waals surface area contributed by atoms with Gasteiger partial charge in [-0.05, 0) is 48.9 Å². The molecule has 0 bridgehead atoms. The van der Waals surface area contributed by atoms with E-state index >= 15 is 0 Å². The van der Waals surface area contributed by atoms with Crippen molar-refractivity contribution < 1.29 is 4.74 Å². The fourth-order valence-electron chi connectivity index (χ4n) is 3.38. The Balaban J connectivity index is 1.87. The zero-order valence-corrected chi connectivity index (χ0v) is 12.7. The molecule has 21 heavy (non-hydrogen) atoms. The number of hydrogen-bond acceptors (Lipinski definition) is 3. The first-order valence-corrected chi connectivity index (χ1v) is 7.79. The van der Waals surface area contributed by atoms with Crippen LogP contribution in [0.25, 0.3) is 10.8 Å². The number of rotatable bonds is 4. The van der Waals surface area contributed by atoms with Crippen LogP contribution in [0.5, 0.6) is 5.75 Å². The molecule has 1 saturated heterocycles. The Morgan fingerprint density at radius 2 is 2.00 bits per heavy atom. The third-order valence-electron chi connectivity index (χ3n) is 4.52. The molecule has 112 valence electrons. The molecule has 3 rings (SSSR count). The first-order valence-electron chi connectivity index (χ1n) is 7.79. The molecule has 0 amide bonds. The Morgan fingerprint density at radius 1 is 1.19 bits per heavy atom. The van der Waals surface area contributed by atoms with Gasteiger partial charge >= 0.3 is 0 Å². The number of nitrogens with zero attached hydrogens (tertiary/aromatic N) is 1. The maximum atomic E-state index is 5.84. The summed E-state index contributed by atoms with van der Waals surface area (Å²) >= 11 is 0. The van der Waals surface area contributed by atoms with Crippen molar-refractivity contribution in [2.24, 2.45) is 11.7 Å². The standard InChI is InChI=1S/C18H24N2O/c1-21-18-9-8-15(16-6-2-3-7-17(16)18)13-20-10-4-5-14(11-19)12-20/h2-3,6-9,14H,4-5,10-13,19H2,1H3. The molecule has 1 fully saturated rings. The van der Waals surface area contributed by atoms with Crippen LogP contribution in [0.2, 0.25) is 0 Å². The van der Waals surface area contributed by atoms with Crippen LogP contribution in [0.15, 0.2) is 36.4 Å². The molecule has 0 radical (unpaired) electrons. The molecule has 1 aliphatic rings. The molecular formula is C18H24N2O. The normalized spacial score (nSPS) is 19.8. The van der Waals surface area contributed by atoms with Gasteiger partial charge in [0.25, 0.3) is 0 Å². The summed E-state index contributed by atoms with van der Waals surface area (Å²) in [6.07, 6.45) is 2.53. The van der Waals surface area contributed by atoms with Gasteiger partial charge in [-0.2, -0.15) is 0 Å². The first kappa shape index (κ1) is 14.4. The number of benzene rings is 2. The summed E-state index contributed by atoms with van der Waals surface area (Å²) in [6.45, 7) is 4.11. The number of nitrogens with two attached hydrogens (primary N) is 1. The minimum Gasteiger partial charge on any atom is -0.496 e. The monoisotopic (exact) mass is 284 g/mol. The van der Waals surface area contributed by atoms with Crippen molar-refractivity contribution in [1.82, 2.24) is 4.90 Å². The highest BCUT2D eigenvalue weighted by Crippen LogP contribution is 2.29. The number of fused-ring (bicyclic) bond motifs is 1. The fourth-order valence-corrected chi connectivity index (χ4v) is 3.38. The van der Waals surface area contributed by atoms with Gasteiger partial charge in [0.1, 0.15) is 5.75 Å². The maximum Gasteiger partial charge on any atom is 0.126 e. The van der Waals surface area contributed by atoms with Crippen LogP contribution in [0.1, 0.15) is 18.4 Å². The number of hydrogen-bond donors (Lipinski definition) is 1. The summed E-state index contributed by atoms with van der Waals surface area (Å²) in [4.78, 5) is 2.54. The average molecular weight is 284 g/mol. The highest BCUT2D eigenvalue weighted by Gasteiger charge is 2.19. The number of likely N-dealkylation sites (tertiary alicyclic amines) is 1. The second-order valence-corrected chi connectivity index (χ2v) is 5.95. The Hall–Kier alpha value is -1.58. The molecule has 0 spiro atoms. The van der Waals surface area contributed by atoms with Gasteiger partial charge in [-0.15, -0.1) is 0 Å².